The van der Waals surface area contributed by atoms with Gasteiger partial charge in [0.2, 0.25) is 0 Å². The Bertz CT molecular complexity index is 452. The summed E-state index contributed by atoms with van der Waals surface area (Å²) in [6.07, 6.45) is 2.13. The molecule has 4 heteroatoms. The number of nitrogens with zero attached hydrogens (tertiary/aromatic N) is 1. The molecule has 0 aromatic heterocycles. The van der Waals surface area contributed by atoms with Crippen LogP contribution in [0, 0.1) is 5.82 Å². The standard InChI is InChI=1S/C15H22FNOS/c1-15(2,3)19(18)17-10-4-5-13(11-17)12-6-8-14(16)9-7-12/h6-9,13H,4-5,10-11H2,1-3H3/t13-,19-/m1/s1. The summed E-state index contributed by atoms with van der Waals surface area (Å²) in [6, 6.07) is 6.72. The van der Waals surface area contributed by atoms with E-state index in [0.717, 1.165) is 31.5 Å². The van der Waals surface area contributed by atoms with Gasteiger partial charge in [0.1, 0.15) is 5.82 Å². The van der Waals surface area contributed by atoms with Gasteiger partial charge < -0.3 is 0 Å². The monoisotopic (exact) mass is 283 g/mol. The molecule has 0 aliphatic carbocycles. The first-order valence-electron chi connectivity index (χ1n) is 6.80. The second kappa shape index (κ2) is 5.71. The predicted molar refractivity (Wildman–Crippen MR) is 77.8 cm³/mol. The van der Waals surface area contributed by atoms with Crippen molar-refractivity contribution in [3.8, 4) is 0 Å². The minimum atomic E-state index is -0.963. The van der Waals surface area contributed by atoms with Gasteiger partial charge >= 0.3 is 0 Å². The topological polar surface area (TPSA) is 20.3 Å². The molecule has 1 aromatic carbocycles. The number of halogens is 1. The Hall–Kier alpha value is -0.740. The van der Waals surface area contributed by atoms with Gasteiger partial charge in [0.05, 0.1) is 15.7 Å². The highest BCUT2D eigenvalue weighted by molar-refractivity contribution is 7.84. The van der Waals surface area contributed by atoms with E-state index in [1.165, 1.54) is 12.1 Å². The maximum atomic E-state index is 13.0. The normalized spacial score (nSPS) is 23.3. The van der Waals surface area contributed by atoms with E-state index in [0.29, 0.717) is 5.92 Å². The summed E-state index contributed by atoms with van der Waals surface area (Å²) in [5.74, 6) is 0.162. The fourth-order valence-corrected chi connectivity index (χ4v) is 3.87. The first-order chi connectivity index (χ1) is 8.88. The minimum Gasteiger partial charge on any atom is -0.242 e. The summed E-state index contributed by atoms with van der Waals surface area (Å²) < 4.78 is 27.2. The van der Waals surface area contributed by atoms with E-state index in [1.807, 2.05) is 32.9 Å². The van der Waals surface area contributed by atoms with Crippen molar-refractivity contribution in [3.05, 3.63) is 35.6 Å². The van der Waals surface area contributed by atoms with Gasteiger partial charge in [-0.15, -0.1) is 0 Å². The third-order valence-corrected chi connectivity index (χ3v) is 5.33. The largest absolute Gasteiger partial charge is 0.242 e. The molecule has 2 nitrogen and oxygen atoms in total. The Labute approximate surface area is 117 Å². The van der Waals surface area contributed by atoms with Crippen LogP contribution in [-0.4, -0.2) is 26.4 Å². The third-order valence-electron chi connectivity index (χ3n) is 3.48. The van der Waals surface area contributed by atoms with Crippen molar-refractivity contribution >= 4 is 11.0 Å². The van der Waals surface area contributed by atoms with Crippen molar-refractivity contribution in [2.24, 2.45) is 0 Å². The molecule has 0 unspecified atom stereocenters. The lowest BCUT2D eigenvalue weighted by Crippen LogP contribution is -2.42. The summed E-state index contributed by atoms with van der Waals surface area (Å²) in [6.45, 7) is 7.71. The second-order valence-electron chi connectivity index (χ2n) is 6.14. The fourth-order valence-electron chi connectivity index (χ4n) is 2.49. The lowest BCUT2D eigenvalue weighted by molar-refractivity contribution is 0.325. The second-order valence-corrected chi connectivity index (χ2v) is 8.38. The highest BCUT2D eigenvalue weighted by Gasteiger charge is 2.30. The average molecular weight is 283 g/mol. The van der Waals surface area contributed by atoms with Crippen molar-refractivity contribution in [2.45, 2.75) is 44.3 Å². The van der Waals surface area contributed by atoms with Crippen molar-refractivity contribution in [1.29, 1.82) is 0 Å². The van der Waals surface area contributed by atoms with Gasteiger partial charge in [0.15, 0.2) is 0 Å². The van der Waals surface area contributed by atoms with Crippen LogP contribution in [0.25, 0.3) is 0 Å². The molecule has 0 N–H and O–H groups in total. The molecule has 0 bridgehead atoms. The van der Waals surface area contributed by atoms with Crippen LogP contribution in [0.1, 0.15) is 45.1 Å². The van der Waals surface area contributed by atoms with E-state index >= 15 is 0 Å². The zero-order chi connectivity index (χ0) is 14.0. The number of hydrogen-bond donors (Lipinski definition) is 0. The van der Waals surface area contributed by atoms with Crippen LogP contribution in [0.15, 0.2) is 24.3 Å². The molecular weight excluding hydrogens is 261 g/mol. The van der Waals surface area contributed by atoms with E-state index in [9.17, 15) is 8.60 Å². The summed E-state index contributed by atoms with van der Waals surface area (Å²) in [5, 5.41) is 0. The smallest absolute Gasteiger partial charge is 0.123 e. The molecule has 1 heterocycles. The average Bonchev–Trinajstić information content (AvgIpc) is 2.38. The molecule has 1 aliphatic heterocycles. The maximum Gasteiger partial charge on any atom is 0.123 e. The molecule has 0 spiro atoms. The zero-order valence-electron chi connectivity index (χ0n) is 11.9. The van der Waals surface area contributed by atoms with Crippen LogP contribution in [0.4, 0.5) is 4.39 Å². The van der Waals surface area contributed by atoms with Crippen molar-refractivity contribution < 1.29 is 8.60 Å². The van der Waals surface area contributed by atoms with Crippen molar-refractivity contribution in [2.75, 3.05) is 13.1 Å². The van der Waals surface area contributed by atoms with E-state index in [-0.39, 0.29) is 10.6 Å². The number of rotatable bonds is 2. The van der Waals surface area contributed by atoms with Gasteiger partial charge in [-0.2, -0.15) is 0 Å². The first kappa shape index (κ1) is 14.7. The van der Waals surface area contributed by atoms with Gasteiger partial charge in [-0.3, -0.25) is 0 Å². The third kappa shape index (κ3) is 3.63. The van der Waals surface area contributed by atoms with Gasteiger partial charge in [0.25, 0.3) is 0 Å². The fraction of sp³-hybridized carbons (Fsp3) is 0.600. The maximum absolute atomic E-state index is 13.0. The number of hydrogen-bond acceptors (Lipinski definition) is 1. The lowest BCUT2D eigenvalue weighted by Gasteiger charge is -2.35. The highest BCUT2D eigenvalue weighted by Crippen LogP contribution is 2.29. The van der Waals surface area contributed by atoms with Crippen LogP contribution in [0.5, 0.6) is 0 Å². The molecule has 1 saturated heterocycles. The molecule has 106 valence electrons. The molecule has 1 aliphatic rings. The number of piperidine rings is 1. The van der Waals surface area contributed by atoms with E-state index < -0.39 is 11.0 Å². The minimum absolute atomic E-state index is 0.199. The molecule has 0 saturated carbocycles. The van der Waals surface area contributed by atoms with Gasteiger partial charge in [-0.25, -0.2) is 12.9 Å². The van der Waals surface area contributed by atoms with Gasteiger partial charge in [-0.1, -0.05) is 12.1 Å². The Morgan fingerprint density at radius 3 is 2.47 bits per heavy atom. The Balaban J connectivity index is 2.09. The van der Waals surface area contributed by atoms with Gasteiger partial charge in [-0.05, 0) is 57.2 Å². The Morgan fingerprint density at radius 2 is 1.89 bits per heavy atom. The quantitative estimate of drug-likeness (QED) is 0.814. The van der Waals surface area contributed by atoms with Crippen LogP contribution < -0.4 is 0 Å². The molecule has 1 aromatic rings. The molecular formula is C15H22FNOS. The van der Waals surface area contributed by atoms with E-state index in [4.69, 9.17) is 0 Å². The summed E-state index contributed by atoms with van der Waals surface area (Å²) in [5.41, 5.74) is 1.15. The van der Waals surface area contributed by atoms with Crippen LogP contribution >= 0.6 is 0 Å². The Kier molecular flexibility index (Phi) is 4.41. The van der Waals surface area contributed by atoms with Crippen molar-refractivity contribution in [1.82, 2.24) is 4.31 Å². The zero-order valence-corrected chi connectivity index (χ0v) is 12.7. The van der Waals surface area contributed by atoms with E-state index in [2.05, 4.69) is 4.31 Å². The van der Waals surface area contributed by atoms with Crippen molar-refractivity contribution in [3.63, 3.8) is 0 Å². The molecule has 0 radical (unpaired) electrons. The first-order valence-corrected chi connectivity index (χ1v) is 7.91. The highest BCUT2D eigenvalue weighted by atomic mass is 32.2. The lowest BCUT2D eigenvalue weighted by atomic mass is 9.92. The molecule has 0 amide bonds. The molecule has 1 fully saturated rings. The van der Waals surface area contributed by atoms with Crippen LogP contribution in [0.2, 0.25) is 0 Å². The van der Waals surface area contributed by atoms with Crippen LogP contribution in [-0.2, 0) is 11.0 Å². The molecule has 19 heavy (non-hydrogen) atoms. The molecule has 2 rings (SSSR count). The summed E-state index contributed by atoms with van der Waals surface area (Å²) >= 11 is 0. The summed E-state index contributed by atoms with van der Waals surface area (Å²) in [4.78, 5) is 0. The van der Waals surface area contributed by atoms with E-state index in [1.54, 1.807) is 0 Å². The predicted octanol–water partition coefficient (Wildman–Crippen LogP) is 3.47. The van der Waals surface area contributed by atoms with Crippen LogP contribution in [0.3, 0.4) is 0 Å². The SMILES string of the molecule is CC(C)(C)[S@@](=O)N1CCC[C@@H](c2ccc(F)cc2)C1. The van der Waals surface area contributed by atoms with Gasteiger partial charge in [0, 0.05) is 13.1 Å². The summed E-state index contributed by atoms with van der Waals surface area (Å²) in [7, 11) is -0.963. The number of benzene rings is 1. The molecule has 2 atom stereocenters. The Morgan fingerprint density at radius 1 is 1.26 bits per heavy atom.